The second-order valence-electron chi connectivity index (χ2n) is 5.32. The quantitative estimate of drug-likeness (QED) is 0.831. The van der Waals surface area contributed by atoms with E-state index >= 15 is 0 Å². The molecule has 0 radical (unpaired) electrons. The van der Waals surface area contributed by atoms with Crippen molar-refractivity contribution < 1.29 is 9.53 Å². The van der Waals surface area contributed by atoms with Gasteiger partial charge in [-0.2, -0.15) is 0 Å². The van der Waals surface area contributed by atoms with Crippen molar-refractivity contribution in [1.82, 2.24) is 10.6 Å². The van der Waals surface area contributed by atoms with Crippen molar-refractivity contribution in [2.24, 2.45) is 0 Å². The zero-order valence-electron chi connectivity index (χ0n) is 12.0. The van der Waals surface area contributed by atoms with Crippen LogP contribution in [-0.2, 0) is 4.79 Å². The van der Waals surface area contributed by atoms with Gasteiger partial charge in [-0.25, -0.2) is 0 Å². The third-order valence-corrected chi connectivity index (χ3v) is 4.32. The summed E-state index contributed by atoms with van der Waals surface area (Å²) in [7, 11) is 0. The first-order valence-corrected chi connectivity index (χ1v) is 8.32. The molecule has 21 heavy (non-hydrogen) atoms. The average molecular weight is 376 g/mol. The Morgan fingerprint density at radius 2 is 2.38 bits per heavy atom. The van der Waals surface area contributed by atoms with Crippen molar-refractivity contribution >= 4 is 33.4 Å². The van der Waals surface area contributed by atoms with Gasteiger partial charge >= 0.3 is 0 Å². The SMILES string of the molecule is CC1CC(NC(=O)CCOc2ccc(Cl)cc2Br)CCN1. The third-order valence-electron chi connectivity index (χ3n) is 3.47. The molecule has 1 aliphatic heterocycles. The van der Waals surface area contributed by atoms with Crippen molar-refractivity contribution in [3.05, 3.63) is 27.7 Å². The number of piperidine rings is 1. The highest BCUT2D eigenvalue weighted by atomic mass is 79.9. The zero-order valence-corrected chi connectivity index (χ0v) is 14.3. The van der Waals surface area contributed by atoms with E-state index in [-0.39, 0.29) is 11.9 Å². The summed E-state index contributed by atoms with van der Waals surface area (Å²) >= 11 is 9.25. The van der Waals surface area contributed by atoms with Gasteiger partial charge in [-0.05, 0) is 60.4 Å². The minimum Gasteiger partial charge on any atom is -0.492 e. The highest BCUT2D eigenvalue weighted by Gasteiger charge is 2.19. The summed E-state index contributed by atoms with van der Waals surface area (Å²) in [4.78, 5) is 11.9. The molecule has 1 fully saturated rings. The Bertz CT molecular complexity index is 499. The van der Waals surface area contributed by atoms with Crippen molar-refractivity contribution in [1.29, 1.82) is 0 Å². The van der Waals surface area contributed by atoms with Gasteiger partial charge in [-0.3, -0.25) is 4.79 Å². The molecule has 0 aliphatic carbocycles. The predicted molar refractivity (Wildman–Crippen MR) is 87.9 cm³/mol. The van der Waals surface area contributed by atoms with Crippen LogP contribution in [0.2, 0.25) is 5.02 Å². The first kappa shape index (κ1) is 16.6. The summed E-state index contributed by atoms with van der Waals surface area (Å²) < 4.78 is 6.39. The van der Waals surface area contributed by atoms with E-state index in [4.69, 9.17) is 16.3 Å². The molecule has 4 nitrogen and oxygen atoms in total. The van der Waals surface area contributed by atoms with E-state index in [0.717, 1.165) is 23.9 Å². The van der Waals surface area contributed by atoms with Crippen LogP contribution < -0.4 is 15.4 Å². The van der Waals surface area contributed by atoms with Crippen LogP contribution in [0.1, 0.15) is 26.2 Å². The van der Waals surface area contributed by atoms with Crippen LogP contribution in [0.15, 0.2) is 22.7 Å². The number of hydrogen-bond acceptors (Lipinski definition) is 3. The molecule has 0 bridgehead atoms. The first-order valence-electron chi connectivity index (χ1n) is 7.15. The number of amides is 1. The molecular weight excluding hydrogens is 356 g/mol. The molecule has 1 amide bonds. The number of carbonyl (C=O) groups excluding carboxylic acids is 1. The summed E-state index contributed by atoms with van der Waals surface area (Å²) in [5.74, 6) is 0.738. The molecule has 0 saturated carbocycles. The van der Waals surface area contributed by atoms with Crippen molar-refractivity contribution in [2.45, 2.75) is 38.3 Å². The molecular formula is C15H20BrClN2O2. The molecule has 1 heterocycles. The summed E-state index contributed by atoms with van der Waals surface area (Å²) in [6, 6.07) is 6.06. The third kappa shape index (κ3) is 5.49. The molecule has 6 heteroatoms. The Kier molecular flexibility index (Phi) is 6.33. The van der Waals surface area contributed by atoms with Gasteiger partial charge in [-0.15, -0.1) is 0 Å². The second-order valence-corrected chi connectivity index (χ2v) is 6.61. The largest absolute Gasteiger partial charge is 0.492 e. The fraction of sp³-hybridized carbons (Fsp3) is 0.533. The lowest BCUT2D eigenvalue weighted by Gasteiger charge is -2.28. The van der Waals surface area contributed by atoms with Gasteiger partial charge in [0.1, 0.15) is 5.75 Å². The van der Waals surface area contributed by atoms with Gasteiger partial charge in [0, 0.05) is 17.1 Å². The van der Waals surface area contributed by atoms with Crippen LogP contribution in [0.25, 0.3) is 0 Å². The first-order chi connectivity index (χ1) is 10.0. The average Bonchev–Trinajstić information content (AvgIpc) is 2.41. The maximum Gasteiger partial charge on any atom is 0.223 e. The summed E-state index contributed by atoms with van der Waals surface area (Å²) in [6.07, 6.45) is 2.32. The Balaban J connectivity index is 1.71. The van der Waals surface area contributed by atoms with Crippen LogP contribution in [-0.4, -0.2) is 31.1 Å². The standard InChI is InChI=1S/C15H20BrClN2O2/c1-10-8-12(4-6-18-10)19-15(20)5-7-21-14-3-2-11(17)9-13(14)16/h2-3,9-10,12,18H,4-8H2,1H3,(H,19,20). The Labute approximate surface area is 138 Å². The zero-order chi connectivity index (χ0) is 15.2. The van der Waals surface area contributed by atoms with E-state index in [1.807, 2.05) is 0 Å². The lowest BCUT2D eigenvalue weighted by Crippen LogP contribution is -2.46. The van der Waals surface area contributed by atoms with Crippen molar-refractivity contribution in [2.75, 3.05) is 13.2 Å². The van der Waals surface area contributed by atoms with E-state index in [1.165, 1.54) is 0 Å². The molecule has 1 aromatic rings. The van der Waals surface area contributed by atoms with Crippen molar-refractivity contribution in [3.8, 4) is 5.75 Å². The van der Waals surface area contributed by atoms with E-state index in [1.54, 1.807) is 18.2 Å². The Morgan fingerprint density at radius 1 is 1.57 bits per heavy atom. The number of hydrogen-bond donors (Lipinski definition) is 2. The minimum absolute atomic E-state index is 0.0409. The Morgan fingerprint density at radius 3 is 3.10 bits per heavy atom. The number of ether oxygens (including phenoxy) is 1. The van der Waals surface area contributed by atoms with Crippen LogP contribution in [0.3, 0.4) is 0 Å². The molecule has 1 aliphatic rings. The summed E-state index contributed by atoms with van der Waals surface area (Å²) in [5, 5.41) is 7.08. The number of halogens is 2. The highest BCUT2D eigenvalue weighted by Crippen LogP contribution is 2.27. The minimum atomic E-state index is 0.0409. The van der Waals surface area contributed by atoms with E-state index < -0.39 is 0 Å². The lowest BCUT2D eigenvalue weighted by molar-refractivity contribution is -0.122. The van der Waals surface area contributed by atoms with Gasteiger partial charge in [-0.1, -0.05) is 11.6 Å². The lowest BCUT2D eigenvalue weighted by atomic mass is 10.0. The van der Waals surface area contributed by atoms with Crippen LogP contribution in [0, 0.1) is 0 Å². The molecule has 2 rings (SSSR count). The Hall–Kier alpha value is -0.780. The van der Waals surface area contributed by atoms with E-state index in [2.05, 4.69) is 33.5 Å². The van der Waals surface area contributed by atoms with E-state index in [9.17, 15) is 4.79 Å². The maximum atomic E-state index is 11.9. The molecule has 0 aromatic heterocycles. The van der Waals surface area contributed by atoms with Gasteiger partial charge in [0.15, 0.2) is 0 Å². The topological polar surface area (TPSA) is 50.4 Å². The number of nitrogens with one attached hydrogen (secondary N) is 2. The molecule has 1 saturated heterocycles. The molecule has 2 atom stereocenters. The van der Waals surface area contributed by atoms with Gasteiger partial charge < -0.3 is 15.4 Å². The fourth-order valence-electron chi connectivity index (χ4n) is 2.41. The number of carbonyl (C=O) groups is 1. The summed E-state index contributed by atoms with van der Waals surface area (Å²) in [5.41, 5.74) is 0. The van der Waals surface area contributed by atoms with Crippen LogP contribution in [0.4, 0.5) is 0 Å². The van der Waals surface area contributed by atoms with E-state index in [0.29, 0.717) is 29.8 Å². The normalized spacial score (nSPS) is 21.9. The molecule has 116 valence electrons. The van der Waals surface area contributed by atoms with Gasteiger partial charge in [0.05, 0.1) is 17.5 Å². The second kappa shape index (κ2) is 8.01. The fourth-order valence-corrected chi connectivity index (χ4v) is 3.21. The molecule has 0 spiro atoms. The van der Waals surface area contributed by atoms with Gasteiger partial charge in [0.2, 0.25) is 5.91 Å². The molecule has 2 N–H and O–H groups in total. The van der Waals surface area contributed by atoms with Crippen LogP contribution >= 0.6 is 27.5 Å². The van der Waals surface area contributed by atoms with Gasteiger partial charge in [0.25, 0.3) is 0 Å². The van der Waals surface area contributed by atoms with Crippen molar-refractivity contribution in [3.63, 3.8) is 0 Å². The smallest absolute Gasteiger partial charge is 0.223 e. The monoisotopic (exact) mass is 374 g/mol. The highest BCUT2D eigenvalue weighted by molar-refractivity contribution is 9.10. The number of rotatable bonds is 5. The summed E-state index contributed by atoms with van der Waals surface area (Å²) in [6.45, 7) is 3.45. The maximum absolute atomic E-state index is 11.9. The molecule has 2 unspecified atom stereocenters. The van der Waals surface area contributed by atoms with Crippen LogP contribution in [0.5, 0.6) is 5.75 Å². The molecule has 1 aromatic carbocycles. The number of benzene rings is 1. The predicted octanol–water partition coefficient (Wildman–Crippen LogP) is 3.13.